The molecule has 0 spiro atoms. The Morgan fingerprint density at radius 1 is 1.09 bits per heavy atom. The van der Waals surface area contributed by atoms with Crippen LogP contribution in [0.1, 0.15) is 56.9 Å². The van der Waals surface area contributed by atoms with Gasteiger partial charge in [0.1, 0.15) is 5.75 Å². The van der Waals surface area contributed by atoms with E-state index in [0.29, 0.717) is 11.7 Å². The predicted molar refractivity (Wildman–Crippen MR) is 89.9 cm³/mol. The van der Waals surface area contributed by atoms with E-state index in [1.54, 1.807) is 7.11 Å². The van der Waals surface area contributed by atoms with Gasteiger partial charge in [-0.25, -0.2) is 0 Å². The number of hydrogen-bond donors (Lipinski definition) is 0. The molecule has 1 aromatic carbocycles. The Morgan fingerprint density at radius 3 is 2.68 bits per heavy atom. The van der Waals surface area contributed by atoms with Crippen LogP contribution in [-0.4, -0.2) is 12.9 Å². The second-order valence-corrected chi connectivity index (χ2v) is 6.70. The second kappa shape index (κ2) is 7.13. The van der Waals surface area contributed by atoms with Crippen LogP contribution in [-0.2, 0) is 4.79 Å². The Morgan fingerprint density at radius 2 is 1.91 bits per heavy atom. The zero-order valence-corrected chi connectivity index (χ0v) is 13.5. The molecule has 118 valence electrons. The number of benzene rings is 1. The molecule has 0 N–H and O–H groups in total. The molecule has 2 aliphatic carbocycles. The standard InChI is InChI=1S/C20H26O2/c1-22-17-10-5-7-15(13-17)14-19-18(11-6-12-20(19)21)16-8-3-2-4-9-16/h5,7,10,13-14,16,18H,2-4,6,8-9,11-12H2,1H3. The highest BCUT2D eigenvalue weighted by atomic mass is 16.5. The van der Waals surface area contributed by atoms with E-state index in [1.165, 1.54) is 38.5 Å². The second-order valence-electron chi connectivity index (χ2n) is 6.70. The quantitative estimate of drug-likeness (QED) is 0.732. The average Bonchev–Trinajstić information content (AvgIpc) is 2.58. The van der Waals surface area contributed by atoms with Crippen molar-refractivity contribution in [2.45, 2.75) is 51.4 Å². The summed E-state index contributed by atoms with van der Waals surface area (Å²) in [5.74, 6) is 2.42. The van der Waals surface area contributed by atoms with Gasteiger partial charge < -0.3 is 4.74 Å². The van der Waals surface area contributed by atoms with Crippen LogP contribution in [0.25, 0.3) is 6.08 Å². The van der Waals surface area contributed by atoms with Crippen LogP contribution < -0.4 is 4.74 Å². The molecule has 0 saturated heterocycles. The highest BCUT2D eigenvalue weighted by molar-refractivity contribution is 6.00. The molecule has 22 heavy (non-hydrogen) atoms. The molecule has 0 heterocycles. The fraction of sp³-hybridized carbons (Fsp3) is 0.550. The zero-order chi connectivity index (χ0) is 15.4. The molecule has 0 amide bonds. The van der Waals surface area contributed by atoms with E-state index in [9.17, 15) is 4.79 Å². The summed E-state index contributed by atoms with van der Waals surface area (Å²) in [5.41, 5.74) is 2.16. The first-order valence-electron chi connectivity index (χ1n) is 8.67. The number of methoxy groups -OCH3 is 1. The minimum atomic E-state index is 0.365. The highest BCUT2D eigenvalue weighted by Crippen LogP contribution is 2.40. The minimum absolute atomic E-state index is 0.365. The summed E-state index contributed by atoms with van der Waals surface area (Å²) >= 11 is 0. The van der Waals surface area contributed by atoms with E-state index in [4.69, 9.17) is 4.74 Å². The molecule has 1 aromatic rings. The lowest BCUT2D eigenvalue weighted by Crippen LogP contribution is -2.27. The zero-order valence-electron chi connectivity index (χ0n) is 13.5. The Balaban J connectivity index is 1.88. The van der Waals surface area contributed by atoms with Gasteiger partial charge in [-0.15, -0.1) is 0 Å². The molecule has 0 bridgehead atoms. The lowest BCUT2D eigenvalue weighted by atomic mass is 9.70. The fourth-order valence-electron chi connectivity index (χ4n) is 4.11. The van der Waals surface area contributed by atoms with Gasteiger partial charge in [-0.2, -0.15) is 0 Å². The van der Waals surface area contributed by atoms with E-state index in [-0.39, 0.29) is 0 Å². The van der Waals surface area contributed by atoms with Gasteiger partial charge in [0, 0.05) is 6.42 Å². The van der Waals surface area contributed by atoms with E-state index in [2.05, 4.69) is 12.1 Å². The van der Waals surface area contributed by atoms with Crippen molar-refractivity contribution >= 4 is 11.9 Å². The number of allylic oxidation sites excluding steroid dienone is 1. The summed E-state index contributed by atoms with van der Waals surface area (Å²) in [4.78, 5) is 12.5. The molecule has 0 radical (unpaired) electrons. The number of carbonyl (C=O) groups excluding carboxylic acids is 1. The normalized spacial score (nSPS) is 25.4. The molecule has 2 saturated carbocycles. The van der Waals surface area contributed by atoms with Gasteiger partial charge in [-0.3, -0.25) is 4.79 Å². The van der Waals surface area contributed by atoms with Crippen LogP contribution in [0.2, 0.25) is 0 Å². The molecule has 2 fully saturated rings. The Kier molecular flexibility index (Phi) is 4.97. The van der Waals surface area contributed by atoms with Crippen molar-refractivity contribution in [1.82, 2.24) is 0 Å². The largest absolute Gasteiger partial charge is 0.497 e. The molecule has 1 atom stereocenters. The summed E-state index contributed by atoms with van der Waals surface area (Å²) in [5, 5.41) is 0. The molecule has 3 rings (SSSR count). The van der Waals surface area contributed by atoms with Gasteiger partial charge in [0.15, 0.2) is 5.78 Å². The third-order valence-electron chi connectivity index (χ3n) is 5.28. The molecule has 0 aromatic heterocycles. The first-order chi connectivity index (χ1) is 10.8. The van der Waals surface area contributed by atoms with Crippen LogP contribution in [0.5, 0.6) is 5.75 Å². The van der Waals surface area contributed by atoms with Gasteiger partial charge >= 0.3 is 0 Å². The van der Waals surface area contributed by atoms with Crippen molar-refractivity contribution in [3.8, 4) is 5.75 Å². The summed E-state index contributed by atoms with van der Waals surface area (Å²) < 4.78 is 5.30. The third-order valence-corrected chi connectivity index (χ3v) is 5.28. The van der Waals surface area contributed by atoms with Gasteiger partial charge in [0.05, 0.1) is 7.11 Å². The van der Waals surface area contributed by atoms with E-state index >= 15 is 0 Å². The fourth-order valence-corrected chi connectivity index (χ4v) is 4.11. The van der Waals surface area contributed by atoms with E-state index in [1.807, 2.05) is 18.2 Å². The highest BCUT2D eigenvalue weighted by Gasteiger charge is 2.32. The average molecular weight is 298 g/mol. The topological polar surface area (TPSA) is 26.3 Å². The molecular weight excluding hydrogens is 272 g/mol. The number of ketones is 1. The first kappa shape index (κ1) is 15.3. The van der Waals surface area contributed by atoms with E-state index < -0.39 is 0 Å². The smallest absolute Gasteiger partial charge is 0.159 e. The predicted octanol–water partition coefficient (Wildman–Crippen LogP) is 5.03. The maximum atomic E-state index is 12.5. The number of hydrogen-bond acceptors (Lipinski definition) is 2. The number of rotatable bonds is 3. The number of ether oxygens (including phenoxy) is 1. The Bertz CT molecular complexity index is 553. The van der Waals surface area contributed by atoms with Crippen molar-refractivity contribution in [1.29, 1.82) is 0 Å². The van der Waals surface area contributed by atoms with Crippen LogP contribution >= 0.6 is 0 Å². The monoisotopic (exact) mass is 298 g/mol. The summed E-state index contributed by atoms with van der Waals surface area (Å²) in [7, 11) is 1.68. The molecule has 0 aliphatic heterocycles. The van der Waals surface area contributed by atoms with Crippen LogP contribution in [0.3, 0.4) is 0 Å². The van der Waals surface area contributed by atoms with Crippen molar-refractivity contribution in [3.63, 3.8) is 0 Å². The SMILES string of the molecule is COc1cccc(C=C2C(=O)CCCC2C2CCCCC2)c1. The molecule has 2 heteroatoms. The maximum absolute atomic E-state index is 12.5. The summed E-state index contributed by atoms with van der Waals surface area (Å²) in [6, 6.07) is 8.03. The van der Waals surface area contributed by atoms with Gasteiger partial charge in [0.25, 0.3) is 0 Å². The van der Waals surface area contributed by atoms with Crippen LogP contribution in [0, 0.1) is 11.8 Å². The first-order valence-corrected chi connectivity index (χ1v) is 8.67. The molecular formula is C20H26O2. The third kappa shape index (κ3) is 3.43. The van der Waals surface area contributed by atoms with Crippen molar-refractivity contribution < 1.29 is 9.53 Å². The van der Waals surface area contributed by atoms with Gasteiger partial charge in [0.2, 0.25) is 0 Å². The summed E-state index contributed by atoms with van der Waals surface area (Å²) in [6.45, 7) is 0. The van der Waals surface area contributed by atoms with Gasteiger partial charge in [-0.1, -0.05) is 31.4 Å². The lowest BCUT2D eigenvalue weighted by Gasteiger charge is -2.34. The van der Waals surface area contributed by atoms with Gasteiger partial charge in [-0.05, 0) is 66.9 Å². The van der Waals surface area contributed by atoms with Crippen molar-refractivity contribution in [2.75, 3.05) is 7.11 Å². The van der Waals surface area contributed by atoms with Crippen LogP contribution in [0.15, 0.2) is 29.8 Å². The van der Waals surface area contributed by atoms with Crippen molar-refractivity contribution in [3.05, 3.63) is 35.4 Å². The molecule has 1 unspecified atom stereocenters. The minimum Gasteiger partial charge on any atom is -0.497 e. The molecule has 2 aliphatic rings. The maximum Gasteiger partial charge on any atom is 0.159 e. The number of Topliss-reactive ketones (excluding diaryl/α,β-unsaturated/α-hetero) is 1. The Hall–Kier alpha value is -1.57. The molecule has 2 nitrogen and oxygen atoms in total. The van der Waals surface area contributed by atoms with Crippen molar-refractivity contribution in [2.24, 2.45) is 11.8 Å². The van der Waals surface area contributed by atoms with E-state index in [0.717, 1.165) is 35.6 Å². The lowest BCUT2D eigenvalue weighted by molar-refractivity contribution is -0.117. The van der Waals surface area contributed by atoms with Crippen LogP contribution in [0.4, 0.5) is 0 Å². The summed E-state index contributed by atoms with van der Waals surface area (Å²) in [6.07, 6.45) is 11.7. The Labute approximate surface area is 133 Å². The number of carbonyl (C=O) groups is 1.